The van der Waals surface area contributed by atoms with Gasteiger partial charge in [-0.05, 0) is 43.9 Å². The number of nitrogens with one attached hydrogen (secondary N) is 1. The second-order valence-electron chi connectivity index (χ2n) is 4.86. The quantitative estimate of drug-likeness (QED) is 0.765. The first-order valence-corrected chi connectivity index (χ1v) is 5.84. The van der Waals surface area contributed by atoms with Crippen LogP contribution in [0.25, 0.3) is 0 Å². The van der Waals surface area contributed by atoms with Gasteiger partial charge in [-0.1, -0.05) is 12.1 Å². The Labute approximate surface area is 96.0 Å². The Morgan fingerprint density at radius 2 is 2.12 bits per heavy atom. The van der Waals surface area contributed by atoms with E-state index in [1.54, 1.807) is 6.92 Å². The number of halogens is 1. The van der Waals surface area contributed by atoms with Crippen LogP contribution in [0.15, 0.2) is 18.2 Å². The van der Waals surface area contributed by atoms with Crippen molar-refractivity contribution < 1.29 is 4.39 Å². The summed E-state index contributed by atoms with van der Waals surface area (Å²) in [4.78, 5) is 0. The lowest BCUT2D eigenvalue weighted by Gasteiger charge is -2.33. The third-order valence-electron chi connectivity index (χ3n) is 3.26. The largest absolute Gasteiger partial charge is 0.328 e. The van der Waals surface area contributed by atoms with Gasteiger partial charge in [-0.3, -0.25) is 0 Å². The van der Waals surface area contributed by atoms with E-state index in [-0.39, 0.29) is 17.9 Å². The predicted molar refractivity (Wildman–Crippen MR) is 63.7 cm³/mol. The maximum absolute atomic E-state index is 13.2. The standard InChI is InChI=1S/C13H19FN2/c1-8-5-10(3-4-12(8)14)13-7-11(15)6-9(2)16-13/h3-5,9,11,13,16H,6-7,15H2,1-2H3/t9-,11-,13-/m0/s1. The van der Waals surface area contributed by atoms with Crippen LogP contribution in [0.2, 0.25) is 0 Å². The summed E-state index contributed by atoms with van der Waals surface area (Å²) in [5.74, 6) is -0.142. The molecule has 1 aliphatic heterocycles. The molecule has 0 unspecified atom stereocenters. The van der Waals surface area contributed by atoms with Crippen molar-refractivity contribution in [2.24, 2.45) is 5.73 Å². The normalized spacial score (nSPS) is 30.4. The molecule has 3 N–H and O–H groups in total. The zero-order valence-electron chi connectivity index (χ0n) is 9.83. The summed E-state index contributed by atoms with van der Waals surface area (Å²) in [6.07, 6.45) is 1.94. The summed E-state index contributed by atoms with van der Waals surface area (Å²) in [6, 6.07) is 6.24. The summed E-state index contributed by atoms with van der Waals surface area (Å²) in [6.45, 7) is 3.94. The Morgan fingerprint density at radius 1 is 1.38 bits per heavy atom. The number of hydrogen-bond acceptors (Lipinski definition) is 2. The molecule has 1 saturated heterocycles. The van der Waals surface area contributed by atoms with Crippen molar-refractivity contribution in [3.63, 3.8) is 0 Å². The van der Waals surface area contributed by atoms with Crippen molar-refractivity contribution in [2.75, 3.05) is 0 Å². The molecule has 2 nitrogen and oxygen atoms in total. The molecule has 3 heteroatoms. The summed E-state index contributed by atoms with van der Waals surface area (Å²) < 4.78 is 13.2. The van der Waals surface area contributed by atoms with Crippen LogP contribution in [0, 0.1) is 12.7 Å². The molecule has 0 aliphatic carbocycles. The van der Waals surface area contributed by atoms with Crippen LogP contribution in [-0.2, 0) is 0 Å². The lowest BCUT2D eigenvalue weighted by Crippen LogP contribution is -2.44. The highest BCUT2D eigenvalue weighted by molar-refractivity contribution is 5.27. The van der Waals surface area contributed by atoms with Crippen molar-refractivity contribution in [3.05, 3.63) is 35.1 Å². The summed E-state index contributed by atoms with van der Waals surface area (Å²) in [5.41, 5.74) is 7.85. The van der Waals surface area contributed by atoms with Gasteiger partial charge in [0.15, 0.2) is 0 Å². The van der Waals surface area contributed by atoms with Gasteiger partial charge in [-0.25, -0.2) is 4.39 Å². The van der Waals surface area contributed by atoms with Gasteiger partial charge in [0.25, 0.3) is 0 Å². The molecular formula is C13H19FN2. The molecule has 1 fully saturated rings. The molecule has 0 saturated carbocycles. The lowest BCUT2D eigenvalue weighted by molar-refractivity contribution is 0.307. The van der Waals surface area contributed by atoms with E-state index in [0.717, 1.165) is 18.4 Å². The van der Waals surface area contributed by atoms with Crippen LogP contribution in [0.1, 0.15) is 36.9 Å². The molecule has 16 heavy (non-hydrogen) atoms. The zero-order valence-corrected chi connectivity index (χ0v) is 9.83. The van der Waals surface area contributed by atoms with Crippen LogP contribution in [-0.4, -0.2) is 12.1 Å². The molecule has 0 aromatic heterocycles. The molecule has 3 atom stereocenters. The zero-order chi connectivity index (χ0) is 11.7. The second kappa shape index (κ2) is 4.52. The highest BCUT2D eigenvalue weighted by atomic mass is 19.1. The van der Waals surface area contributed by atoms with Gasteiger partial charge in [0, 0.05) is 18.1 Å². The maximum atomic E-state index is 13.2. The van der Waals surface area contributed by atoms with Gasteiger partial charge in [0.2, 0.25) is 0 Å². The average Bonchev–Trinajstić information content (AvgIpc) is 2.20. The number of benzene rings is 1. The minimum absolute atomic E-state index is 0.142. The summed E-state index contributed by atoms with van der Waals surface area (Å²) >= 11 is 0. The van der Waals surface area contributed by atoms with Gasteiger partial charge < -0.3 is 11.1 Å². The van der Waals surface area contributed by atoms with E-state index in [1.807, 2.05) is 12.1 Å². The third kappa shape index (κ3) is 2.42. The molecule has 0 bridgehead atoms. The van der Waals surface area contributed by atoms with E-state index in [2.05, 4.69) is 12.2 Å². The second-order valence-corrected chi connectivity index (χ2v) is 4.86. The molecule has 0 spiro atoms. The molecule has 2 rings (SSSR count). The Bertz CT molecular complexity index is 368. The number of piperidine rings is 1. The van der Waals surface area contributed by atoms with Crippen molar-refractivity contribution in [2.45, 2.75) is 44.8 Å². The van der Waals surface area contributed by atoms with E-state index in [4.69, 9.17) is 5.73 Å². The Hall–Kier alpha value is -0.930. The van der Waals surface area contributed by atoms with Gasteiger partial charge in [0.1, 0.15) is 5.82 Å². The highest BCUT2D eigenvalue weighted by Gasteiger charge is 2.24. The molecule has 0 radical (unpaired) electrons. The number of nitrogens with two attached hydrogens (primary N) is 1. The molecule has 1 aliphatic rings. The molecule has 0 amide bonds. The molecule has 1 aromatic rings. The predicted octanol–water partition coefficient (Wildman–Crippen LogP) is 2.27. The molecule has 88 valence electrons. The minimum atomic E-state index is -0.142. The summed E-state index contributed by atoms with van der Waals surface area (Å²) in [5, 5.41) is 3.51. The first-order valence-electron chi connectivity index (χ1n) is 5.84. The van der Waals surface area contributed by atoms with E-state index < -0.39 is 0 Å². The van der Waals surface area contributed by atoms with Gasteiger partial charge in [-0.2, -0.15) is 0 Å². The minimum Gasteiger partial charge on any atom is -0.328 e. The van der Waals surface area contributed by atoms with E-state index in [9.17, 15) is 4.39 Å². The van der Waals surface area contributed by atoms with E-state index in [0.29, 0.717) is 11.6 Å². The van der Waals surface area contributed by atoms with Gasteiger partial charge >= 0.3 is 0 Å². The summed E-state index contributed by atoms with van der Waals surface area (Å²) in [7, 11) is 0. The SMILES string of the molecule is Cc1cc([C@@H]2C[C@@H](N)C[C@H](C)N2)ccc1F. The third-order valence-corrected chi connectivity index (χ3v) is 3.26. The van der Waals surface area contributed by atoms with Gasteiger partial charge in [0.05, 0.1) is 0 Å². The highest BCUT2D eigenvalue weighted by Crippen LogP contribution is 2.26. The fourth-order valence-electron chi connectivity index (χ4n) is 2.45. The Kier molecular flexibility index (Phi) is 3.26. The monoisotopic (exact) mass is 222 g/mol. The Balaban J connectivity index is 2.19. The number of rotatable bonds is 1. The smallest absolute Gasteiger partial charge is 0.126 e. The molecule has 1 heterocycles. The Morgan fingerprint density at radius 3 is 2.75 bits per heavy atom. The number of aryl methyl sites for hydroxylation is 1. The average molecular weight is 222 g/mol. The van der Waals surface area contributed by atoms with E-state index >= 15 is 0 Å². The van der Waals surface area contributed by atoms with Crippen LogP contribution in [0.3, 0.4) is 0 Å². The fraction of sp³-hybridized carbons (Fsp3) is 0.538. The maximum Gasteiger partial charge on any atom is 0.126 e. The fourth-order valence-corrected chi connectivity index (χ4v) is 2.45. The first-order chi connectivity index (χ1) is 7.56. The van der Waals surface area contributed by atoms with Crippen molar-refractivity contribution >= 4 is 0 Å². The van der Waals surface area contributed by atoms with Crippen LogP contribution in [0.5, 0.6) is 0 Å². The molecular weight excluding hydrogens is 203 g/mol. The van der Waals surface area contributed by atoms with Crippen molar-refractivity contribution in [1.82, 2.24) is 5.32 Å². The first kappa shape index (κ1) is 11.6. The van der Waals surface area contributed by atoms with Gasteiger partial charge in [-0.15, -0.1) is 0 Å². The molecule has 1 aromatic carbocycles. The van der Waals surface area contributed by atoms with Crippen molar-refractivity contribution in [3.8, 4) is 0 Å². The van der Waals surface area contributed by atoms with Crippen LogP contribution >= 0.6 is 0 Å². The van der Waals surface area contributed by atoms with Crippen LogP contribution < -0.4 is 11.1 Å². The lowest BCUT2D eigenvalue weighted by atomic mass is 9.90. The van der Waals surface area contributed by atoms with E-state index in [1.165, 1.54) is 6.07 Å². The van der Waals surface area contributed by atoms with Crippen LogP contribution in [0.4, 0.5) is 4.39 Å². The number of hydrogen-bond donors (Lipinski definition) is 2. The van der Waals surface area contributed by atoms with Crippen molar-refractivity contribution in [1.29, 1.82) is 0 Å². The topological polar surface area (TPSA) is 38.0 Å².